The van der Waals surface area contributed by atoms with Crippen LogP contribution in [0, 0.1) is 0 Å². The zero-order valence-corrected chi connectivity index (χ0v) is 22.1. The van der Waals surface area contributed by atoms with Gasteiger partial charge in [0, 0.05) is 17.7 Å². The Bertz CT molecular complexity index is 1190. The van der Waals surface area contributed by atoms with Crippen molar-refractivity contribution in [2.24, 2.45) is 0 Å². The maximum Gasteiger partial charge on any atom is 0.416 e. The molecule has 1 heterocycles. The van der Waals surface area contributed by atoms with Gasteiger partial charge in [0.25, 0.3) is 5.91 Å². The lowest BCUT2D eigenvalue weighted by atomic mass is 10.0. The second-order valence-corrected chi connectivity index (χ2v) is 9.11. The number of ether oxygens (including phenoxy) is 2. The van der Waals surface area contributed by atoms with Crippen molar-refractivity contribution in [1.82, 2.24) is 10.3 Å². The fraction of sp³-hybridized carbons (Fsp3) is 0.367. The molecule has 0 saturated carbocycles. The highest BCUT2D eigenvalue weighted by Gasteiger charge is 2.30. The van der Waals surface area contributed by atoms with Crippen LogP contribution in [0.25, 0.3) is 11.3 Å². The van der Waals surface area contributed by atoms with Crippen molar-refractivity contribution in [2.75, 3.05) is 13.7 Å². The third-order valence-electron chi connectivity index (χ3n) is 6.23. The fourth-order valence-corrected chi connectivity index (χ4v) is 4.00. The predicted molar refractivity (Wildman–Crippen MR) is 142 cm³/mol. The van der Waals surface area contributed by atoms with E-state index < -0.39 is 17.7 Å². The number of alkyl halides is 3. The van der Waals surface area contributed by atoms with E-state index in [-0.39, 0.29) is 25.0 Å². The minimum Gasteiger partial charge on any atom is -0.484 e. The number of benzene rings is 2. The van der Waals surface area contributed by atoms with Gasteiger partial charge in [-0.25, -0.2) is 0 Å². The summed E-state index contributed by atoms with van der Waals surface area (Å²) in [4.78, 5) is 28.0. The third-order valence-corrected chi connectivity index (χ3v) is 6.23. The standard InChI is InChI=1S/C30H33F3N2O4/c1-3-4-5-6-7-27(22-8-10-23(11-9-22)29(37)34-19-18-28(36)38-2)39-25-16-17-26(35-20-25)21-12-14-24(15-13-21)30(31,32)33/h8-17,20,27H,3-7,18-19H2,1-2H3,(H,34,37). The molecule has 39 heavy (non-hydrogen) atoms. The lowest BCUT2D eigenvalue weighted by Gasteiger charge is -2.20. The molecular weight excluding hydrogens is 509 g/mol. The number of nitrogens with zero attached hydrogens (tertiary/aromatic N) is 1. The van der Waals surface area contributed by atoms with Crippen molar-refractivity contribution >= 4 is 11.9 Å². The Hall–Kier alpha value is -3.88. The monoisotopic (exact) mass is 542 g/mol. The van der Waals surface area contributed by atoms with E-state index >= 15 is 0 Å². The van der Waals surface area contributed by atoms with Crippen LogP contribution >= 0.6 is 0 Å². The van der Waals surface area contributed by atoms with Crippen LogP contribution in [-0.2, 0) is 15.7 Å². The Morgan fingerprint density at radius 3 is 2.26 bits per heavy atom. The van der Waals surface area contributed by atoms with E-state index in [0.717, 1.165) is 49.8 Å². The highest BCUT2D eigenvalue weighted by atomic mass is 19.4. The van der Waals surface area contributed by atoms with E-state index in [1.807, 2.05) is 12.1 Å². The molecule has 1 atom stereocenters. The van der Waals surface area contributed by atoms with Gasteiger partial charge in [0.15, 0.2) is 0 Å². The number of rotatable bonds is 13. The summed E-state index contributed by atoms with van der Waals surface area (Å²) in [5, 5.41) is 2.70. The third kappa shape index (κ3) is 9.12. The first-order chi connectivity index (χ1) is 18.7. The maximum absolute atomic E-state index is 12.9. The average molecular weight is 543 g/mol. The van der Waals surface area contributed by atoms with Crippen molar-refractivity contribution in [3.05, 3.63) is 83.6 Å². The Morgan fingerprint density at radius 2 is 1.67 bits per heavy atom. The number of carbonyl (C=O) groups excluding carboxylic acids is 2. The summed E-state index contributed by atoms with van der Waals surface area (Å²) in [7, 11) is 1.30. The second-order valence-electron chi connectivity index (χ2n) is 9.11. The molecule has 0 saturated heterocycles. The quantitative estimate of drug-likeness (QED) is 0.183. The number of aromatic nitrogens is 1. The normalized spacial score (nSPS) is 12.0. The van der Waals surface area contributed by atoms with Crippen LogP contribution in [0.3, 0.4) is 0 Å². The lowest BCUT2D eigenvalue weighted by molar-refractivity contribution is -0.140. The van der Waals surface area contributed by atoms with Gasteiger partial charge in [-0.05, 0) is 54.8 Å². The average Bonchev–Trinajstić information content (AvgIpc) is 2.94. The van der Waals surface area contributed by atoms with E-state index in [1.54, 1.807) is 30.5 Å². The summed E-state index contributed by atoms with van der Waals surface area (Å²) in [5.74, 6) is -0.139. The van der Waals surface area contributed by atoms with E-state index in [1.165, 1.54) is 19.2 Å². The van der Waals surface area contributed by atoms with Gasteiger partial charge in [0.1, 0.15) is 11.9 Å². The number of carbonyl (C=O) groups is 2. The smallest absolute Gasteiger partial charge is 0.416 e. The molecule has 0 radical (unpaired) electrons. The minimum atomic E-state index is -4.39. The van der Waals surface area contributed by atoms with Crippen LogP contribution in [0.15, 0.2) is 66.9 Å². The van der Waals surface area contributed by atoms with Crippen LogP contribution in [0.1, 0.15) is 73.0 Å². The molecule has 0 bridgehead atoms. The van der Waals surface area contributed by atoms with E-state index in [4.69, 9.17) is 4.74 Å². The van der Waals surface area contributed by atoms with Gasteiger partial charge >= 0.3 is 12.1 Å². The minimum absolute atomic E-state index is 0.0969. The molecule has 1 amide bonds. The molecule has 0 aliphatic rings. The topological polar surface area (TPSA) is 77.5 Å². The molecule has 0 spiro atoms. The summed E-state index contributed by atoms with van der Waals surface area (Å²) in [6.45, 7) is 2.33. The van der Waals surface area contributed by atoms with Crippen molar-refractivity contribution in [2.45, 2.75) is 57.7 Å². The van der Waals surface area contributed by atoms with Crippen LogP contribution in [0.4, 0.5) is 13.2 Å². The molecule has 2 aromatic carbocycles. The molecule has 1 N–H and O–H groups in total. The molecule has 0 fully saturated rings. The van der Waals surface area contributed by atoms with E-state index in [2.05, 4.69) is 22.0 Å². The number of hydrogen-bond donors (Lipinski definition) is 1. The number of unbranched alkanes of at least 4 members (excludes halogenated alkanes) is 3. The predicted octanol–water partition coefficient (Wildman–Crippen LogP) is 7.15. The summed E-state index contributed by atoms with van der Waals surface area (Å²) in [6, 6.07) is 15.5. The van der Waals surface area contributed by atoms with Gasteiger partial charge in [0.05, 0.1) is 31.0 Å². The van der Waals surface area contributed by atoms with E-state index in [0.29, 0.717) is 22.6 Å². The van der Waals surface area contributed by atoms with Gasteiger partial charge in [-0.3, -0.25) is 14.6 Å². The van der Waals surface area contributed by atoms with Crippen LogP contribution < -0.4 is 10.1 Å². The highest BCUT2D eigenvalue weighted by molar-refractivity contribution is 5.94. The van der Waals surface area contributed by atoms with Gasteiger partial charge in [-0.1, -0.05) is 50.5 Å². The summed E-state index contributed by atoms with van der Waals surface area (Å²) in [6.07, 6.45) is 2.05. The number of halogens is 3. The molecular formula is C30H33F3N2O4. The number of methoxy groups -OCH3 is 1. The molecule has 0 aliphatic carbocycles. The van der Waals surface area contributed by atoms with Crippen LogP contribution in [0.5, 0.6) is 5.75 Å². The first-order valence-electron chi connectivity index (χ1n) is 13.0. The van der Waals surface area contributed by atoms with Crippen molar-refractivity contribution < 1.29 is 32.2 Å². The molecule has 0 aliphatic heterocycles. The fourth-order valence-electron chi connectivity index (χ4n) is 4.00. The zero-order valence-electron chi connectivity index (χ0n) is 22.1. The van der Waals surface area contributed by atoms with Crippen LogP contribution in [0.2, 0.25) is 0 Å². The number of nitrogens with one attached hydrogen (secondary N) is 1. The Balaban J connectivity index is 1.69. The number of esters is 1. The molecule has 9 heteroatoms. The highest BCUT2D eigenvalue weighted by Crippen LogP contribution is 2.32. The maximum atomic E-state index is 12.9. The molecule has 3 aromatic rings. The van der Waals surface area contributed by atoms with Gasteiger partial charge in [-0.2, -0.15) is 13.2 Å². The Morgan fingerprint density at radius 1 is 0.949 bits per heavy atom. The van der Waals surface area contributed by atoms with E-state index in [9.17, 15) is 22.8 Å². The first-order valence-corrected chi connectivity index (χ1v) is 13.0. The van der Waals surface area contributed by atoms with Crippen molar-refractivity contribution in [3.63, 3.8) is 0 Å². The van der Waals surface area contributed by atoms with Gasteiger partial charge in [-0.15, -0.1) is 0 Å². The van der Waals surface area contributed by atoms with Crippen molar-refractivity contribution in [1.29, 1.82) is 0 Å². The van der Waals surface area contributed by atoms with Crippen molar-refractivity contribution in [3.8, 4) is 17.0 Å². The molecule has 6 nitrogen and oxygen atoms in total. The Labute approximate surface area is 226 Å². The lowest BCUT2D eigenvalue weighted by Crippen LogP contribution is -2.26. The van der Waals surface area contributed by atoms with Gasteiger partial charge < -0.3 is 14.8 Å². The summed E-state index contributed by atoms with van der Waals surface area (Å²) < 4.78 is 49.4. The number of pyridine rings is 1. The first kappa shape index (κ1) is 29.7. The largest absolute Gasteiger partial charge is 0.484 e. The van der Waals surface area contributed by atoms with Gasteiger partial charge in [0.2, 0.25) is 0 Å². The Kier molecular flexibility index (Phi) is 10.9. The SMILES string of the molecule is CCCCCCC(Oc1ccc(-c2ccc(C(F)(F)F)cc2)nc1)c1ccc(C(=O)NCCC(=O)OC)cc1. The van der Waals surface area contributed by atoms with Crippen LogP contribution in [-0.4, -0.2) is 30.5 Å². The molecule has 1 unspecified atom stereocenters. The molecule has 208 valence electrons. The number of hydrogen-bond acceptors (Lipinski definition) is 5. The zero-order chi connectivity index (χ0) is 28.3. The summed E-state index contributed by atoms with van der Waals surface area (Å²) >= 11 is 0. The second kappa shape index (κ2) is 14.3. The number of amides is 1. The molecule has 3 rings (SSSR count). The summed E-state index contributed by atoms with van der Waals surface area (Å²) in [5.41, 5.74) is 1.78. The molecule has 1 aromatic heterocycles.